The van der Waals surface area contributed by atoms with Crippen molar-refractivity contribution in [1.82, 2.24) is 9.97 Å². The van der Waals surface area contributed by atoms with Gasteiger partial charge in [-0.15, -0.1) is 0 Å². The molecule has 0 aliphatic heterocycles. The maximum atomic E-state index is 12.2. The van der Waals surface area contributed by atoms with E-state index in [1.165, 1.54) is 12.2 Å². The van der Waals surface area contributed by atoms with Crippen molar-refractivity contribution in [1.29, 1.82) is 0 Å². The van der Waals surface area contributed by atoms with Gasteiger partial charge in [0.25, 0.3) is 11.1 Å². The summed E-state index contributed by atoms with van der Waals surface area (Å²) in [7, 11) is 0. The van der Waals surface area contributed by atoms with E-state index in [4.69, 9.17) is 0 Å². The van der Waals surface area contributed by atoms with Gasteiger partial charge in [-0.1, -0.05) is 48.5 Å². The van der Waals surface area contributed by atoms with E-state index in [9.17, 15) is 19.2 Å². The molecule has 6 heteroatoms. The van der Waals surface area contributed by atoms with Crippen molar-refractivity contribution in [2.75, 3.05) is 0 Å². The monoisotopic (exact) mass is 346 g/mol. The van der Waals surface area contributed by atoms with Crippen LogP contribution in [0.2, 0.25) is 0 Å². The lowest BCUT2D eigenvalue weighted by molar-refractivity contribution is 0.111. The summed E-state index contributed by atoms with van der Waals surface area (Å²) in [6, 6.07) is 13.2. The van der Waals surface area contributed by atoms with Crippen LogP contribution in [0.4, 0.5) is 0 Å². The summed E-state index contributed by atoms with van der Waals surface area (Å²) in [5.41, 5.74) is 1.51. The third-order valence-electron chi connectivity index (χ3n) is 3.75. The number of aldehydes is 2. The second-order valence-corrected chi connectivity index (χ2v) is 5.59. The molecule has 2 aromatic carbocycles. The van der Waals surface area contributed by atoms with Gasteiger partial charge >= 0.3 is 0 Å². The zero-order valence-corrected chi connectivity index (χ0v) is 13.6. The van der Waals surface area contributed by atoms with Crippen molar-refractivity contribution in [2.24, 2.45) is 0 Å². The van der Waals surface area contributed by atoms with Gasteiger partial charge in [0.15, 0.2) is 0 Å². The number of aromatic nitrogens is 2. The van der Waals surface area contributed by atoms with Crippen LogP contribution >= 0.6 is 0 Å². The molecule has 0 saturated heterocycles. The Hall–Kier alpha value is -3.80. The van der Waals surface area contributed by atoms with Gasteiger partial charge in [0.1, 0.15) is 23.3 Å². The SMILES string of the molecule is O=Cc1ccc(/C=c2/[nH]c(=O)/c(=C\c3ccc(C=O)cc3)[nH]c2=O)cc1. The van der Waals surface area contributed by atoms with Crippen LogP contribution in [0.15, 0.2) is 58.1 Å². The Labute approximate surface area is 147 Å². The predicted molar refractivity (Wildman–Crippen MR) is 97.7 cm³/mol. The zero-order valence-electron chi connectivity index (χ0n) is 13.6. The standard InChI is InChI=1S/C20H14N2O4/c23-11-15-5-1-13(2-6-15)9-17-19(25)22-18(20(26)21-17)10-14-3-7-16(12-24)8-4-14/h1-12H,(H,21,26)(H,22,25)/b17-9+,18-10+. The number of carbonyl (C=O) groups is 2. The molecule has 1 aromatic heterocycles. The quantitative estimate of drug-likeness (QED) is 0.666. The summed E-state index contributed by atoms with van der Waals surface area (Å²) < 4.78 is 0. The van der Waals surface area contributed by atoms with Crippen molar-refractivity contribution in [3.63, 3.8) is 0 Å². The van der Waals surface area contributed by atoms with Gasteiger partial charge in [0.05, 0.1) is 0 Å². The minimum absolute atomic E-state index is 0.113. The summed E-state index contributed by atoms with van der Waals surface area (Å²) in [6.07, 6.45) is 4.50. The summed E-state index contributed by atoms with van der Waals surface area (Å²) in [5.74, 6) is 0. The number of benzene rings is 2. The van der Waals surface area contributed by atoms with E-state index in [1.54, 1.807) is 48.5 Å². The number of aromatic amines is 2. The Morgan fingerprint density at radius 2 is 0.846 bits per heavy atom. The average Bonchev–Trinajstić information content (AvgIpc) is 2.67. The summed E-state index contributed by atoms with van der Waals surface area (Å²) >= 11 is 0. The first-order valence-electron chi connectivity index (χ1n) is 7.75. The normalized spacial score (nSPS) is 12.2. The maximum absolute atomic E-state index is 12.2. The number of nitrogens with one attached hydrogen (secondary N) is 2. The number of carbonyl (C=O) groups excluding carboxylic acids is 2. The highest BCUT2D eigenvalue weighted by Crippen LogP contribution is 2.03. The van der Waals surface area contributed by atoms with Gasteiger partial charge in [-0.3, -0.25) is 19.2 Å². The molecule has 6 nitrogen and oxygen atoms in total. The van der Waals surface area contributed by atoms with E-state index in [0.717, 1.165) is 12.6 Å². The molecule has 128 valence electrons. The highest BCUT2D eigenvalue weighted by molar-refractivity contribution is 5.75. The molecule has 0 atom stereocenters. The Morgan fingerprint density at radius 1 is 0.538 bits per heavy atom. The molecule has 3 aromatic rings. The molecule has 26 heavy (non-hydrogen) atoms. The molecule has 0 aliphatic carbocycles. The second-order valence-electron chi connectivity index (χ2n) is 5.59. The predicted octanol–water partition coefficient (Wildman–Crippen LogP) is 0.346. The zero-order chi connectivity index (χ0) is 18.5. The molecule has 3 rings (SSSR count). The highest BCUT2D eigenvalue weighted by atomic mass is 16.1. The fourth-order valence-electron chi connectivity index (χ4n) is 2.37. The van der Waals surface area contributed by atoms with E-state index in [0.29, 0.717) is 22.3 Å². The lowest BCUT2D eigenvalue weighted by atomic mass is 10.1. The van der Waals surface area contributed by atoms with Gasteiger partial charge in [-0.2, -0.15) is 0 Å². The van der Waals surface area contributed by atoms with Gasteiger partial charge < -0.3 is 9.97 Å². The van der Waals surface area contributed by atoms with Crippen LogP contribution in [0.3, 0.4) is 0 Å². The molecule has 0 spiro atoms. The molecular weight excluding hydrogens is 332 g/mol. The molecule has 0 radical (unpaired) electrons. The molecule has 0 bridgehead atoms. The van der Waals surface area contributed by atoms with Crippen LogP contribution in [0.1, 0.15) is 31.8 Å². The minimum atomic E-state index is -0.445. The maximum Gasteiger partial charge on any atom is 0.272 e. The van der Waals surface area contributed by atoms with Gasteiger partial charge in [-0.25, -0.2) is 0 Å². The van der Waals surface area contributed by atoms with Gasteiger partial charge in [0.2, 0.25) is 0 Å². The van der Waals surface area contributed by atoms with Crippen molar-refractivity contribution in [3.8, 4) is 0 Å². The minimum Gasteiger partial charge on any atom is -0.316 e. The molecule has 0 amide bonds. The van der Waals surface area contributed by atoms with E-state index in [2.05, 4.69) is 9.97 Å². The van der Waals surface area contributed by atoms with E-state index < -0.39 is 11.1 Å². The van der Waals surface area contributed by atoms with E-state index in [-0.39, 0.29) is 10.7 Å². The Balaban J connectivity index is 2.04. The van der Waals surface area contributed by atoms with Crippen LogP contribution in [0.25, 0.3) is 12.2 Å². The average molecular weight is 346 g/mol. The van der Waals surface area contributed by atoms with Crippen LogP contribution < -0.4 is 21.8 Å². The molecule has 1 heterocycles. The van der Waals surface area contributed by atoms with Gasteiger partial charge in [-0.05, 0) is 23.3 Å². The Kier molecular flexibility index (Phi) is 4.85. The molecule has 0 saturated carbocycles. The molecule has 0 aliphatic rings. The molecule has 0 unspecified atom stereocenters. The number of rotatable bonds is 4. The third-order valence-corrected chi connectivity index (χ3v) is 3.75. The first kappa shape index (κ1) is 17.0. The number of hydrogen-bond acceptors (Lipinski definition) is 4. The van der Waals surface area contributed by atoms with Crippen molar-refractivity contribution in [2.45, 2.75) is 0 Å². The van der Waals surface area contributed by atoms with Gasteiger partial charge in [0, 0.05) is 11.1 Å². The first-order chi connectivity index (χ1) is 12.6. The largest absolute Gasteiger partial charge is 0.316 e. The molecular formula is C20H14N2O4. The van der Waals surface area contributed by atoms with Crippen molar-refractivity contribution >= 4 is 24.7 Å². The fourth-order valence-corrected chi connectivity index (χ4v) is 2.37. The van der Waals surface area contributed by atoms with Crippen molar-refractivity contribution < 1.29 is 9.59 Å². The summed E-state index contributed by atoms with van der Waals surface area (Å²) in [6.45, 7) is 0. The lowest BCUT2D eigenvalue weighted by Gasteiger charge is -1.96. The topological polar surface area (TPSA) is 99.9 Å². The molecule has 0 fully saturated rings. The second kappa shape index (κ2) is 7.40. The molecule has 2 N–H and O–H groups in total. The Morgan fingerprint density at radius 3 is 1.15 bits per heavy atom. The summed E-state index contributed by atoms with van der Waals surface area (Å²) in [4.78, 5) is 50.9. The van der Waals surface area contributed by atoms with Crippen LogP contribution in [-0.4, -0.2) is 22.5 Å². The number of hydrogen-bond donors (Lipinski definition) is 2. The fraction of sp³-hybridized carbons (Fsp3) is 0. The Bertz CT molecular complexity index is 1090. The third kappa shape index (κ3) is 3.81. The number of H-pyrrole nitrogens is 2. The summed E-state index contributed by atoms with van der Waals surface area (Å²) in [5, 5.41) is 0.226. The highest BCUT2D eigenvalue weighted by Gasteiger charge is 1.98. The van der Waals surface area contributed by atoms with E-state index >= 15 is 0 Å². The lowest BCUT2D eigenvalue weighted by Crippen LogP contribution is -2.46. The smallest absolute Gasteiger partial charge is 0.272 e. The first-order valence-corrected chi connectivity index (χ1v) is 7.75. The van der Waals surface area contributed by atoms with Crippen LogP contribution in [-0.2, 0) is 0 Å². The van der Waals surface area contributed by atoms with Crippen LogP contribution in [0.5, 0.6) is 0 Å². The van der Waals surface area contributed by atoms with E-state index in [1.807, 2.05) is 0 Å². The van der Waals surface area contributed by atoms with Crippen molar-refractivity contribution in [3.05, 3.63) is 102 Å². The van der Waals surface area contributed by atoms with Crippen LogP contribution in [0, 0.1) is 0 Å².